The third kappa shape index (κ3) is 9.12. The normalized spacial score (nSPS) is 16.5. The van der Waals surface area contributed by atoms with Crippen LogP contribution in [0.3, 0.4) is 0 Å². The number of likely N-dealkylation sites (N-methyl/N-ethyl adjacent to an activating group) is 1. The number of nitrogen functional groups attached to an aromatic ring is 1. The van der Waals surface area contributed by atoms with E-state index in [1.54, 1.807) is 47.4 Å². The smallest absolute Gasteiger partial charge is 0.323 e. The fourth-order valence-electron chi connectivity index (χ4n) is 6.59. The van der Waals surface area contributed by atoms with Gasteiger partial charge in [0.1, 0.15) is 11.9 Å². The van der Waals surface area contributed by atoms with Crippen LogP contribution in [0.5, 0.6) is 5.75 Å². The van der Waals surface area contributed by atoms with Gasteiger partial charge >= 0.3 is 6.03 Å². The predicted octanol–water partition coefficient (Wildman–Crippen LogP) is 6.60. The summed E-state index contributed by atoms with van der Waals surface area (Å²) in [5, 5.41) is 20.7. The number of hydrogen-bond donors (Lipinski definition) is 5. The molecule has 6 rings (SSSR count). The summed E-state index contributed by atoms with van der Waals surface area (Å²) < 4.78 is 6.69. The van der Waals surface area contributed by atoms with Gasteiger partial charge in [-0.3, -0.25) is 14.5 Å². The van der Waals surface area contributed by atoms with Gasteiger partial charge in [-0.25, -0.2) is 4.79 Å². The molecular formula is C42H46N6O5. The predicted molar refractivity (Wildman–Crippen MR) is 210 cm³/mol. The average molecular weight is 715 g/mol. The molecule has 0 saturated heterocycles. The summed E-state index contributed by atoms with van der Waals surface area (Å²) in [5.74, 6) is 0.113. The summed E-state index contributed by atoms with van der Waals surface area (Å²) in [7, 11) is 2.00. The number of benzene rings is 5. The summed E-state index contributed by atoms with van der Waals surface area (Å²) in [6, 6.07) is 32.7. The number of carbonyl (C=O) groups excluding carboxylic acids is 3. The molecule has 274 valence electrons. The number of ether oxygens (including phenoxy) is 1. The fourth-order valence-corrected chi connectivity index (χ4v) is 6.59. The van der Waals surface area contributed by atoms with Crippen molar-refractivity contribution in [3.8, 4) is 5.75 Å². The Balaban J connectivity index is 1.16. The summed E-state index contributed by atoms with van der Waals surface area (Å²) in [5.41, 5.74) is 10.4. The van der Waals surface area contributed by atoms with Crippen molar-refractivity contribution < 1.29 is 24.2 Å². The molecule has 11 nitrogen and oxygen atoms in total. The molecule has 0 aromatic heterocycles. The van der Waals surface area contributed by atoms with E-state index in [9.17, 15) is 19.5 Å². The van der Waals surface area contributed by atoms with E-state index in [2.05, 4.69) is 20.9 Å². The Morgan fingerprint density at radius 2 is 1.64 bits per heavy atom. The van der Waals surface area contributed by atoms with E-state index >= 15 is 0 Å². The molecule has 1 aliphatic rings. The summed E-state index contributed by atoms with van der Waals surface area (Å²) in [6.07, 6.45) is -0.264. The van der Waals surface area contributed by atoms with E-state index in [0.717, 1.165) is 16.3 Å². The lowest BCUT2D eigenvalue weighted by Gasteiger charge is -2.34. The topological polar surface area (TPSA) is 149 Å². The van der Waals surface area contributed by atoms with Crippen molar-refractivity contribution in [3.05, 3.63) is 126 Å². The van der Waals surface area contributed by atoms with Crippen molar-refractivity contribution in [2.75, 3.05) is 48.4 Å². The van der Waals surface area contributed by atoms with E-state index in [4.69, 9.17) is 10.5 Å². The van der Waals surface area contributed by atoms with Gasteiger partial charge in [-0.15, -0.1) is 0 Å². The first-order chi connectivity index (χ1) is 25.6. The molecule has 0 saturated carbocycles. The Kier molecular flexibility index (Phi) is 11.6. The molecule has 53 heavy (non-hydrogen) atoms. The van der Waals surface area contributed by atoms with Crippen LogP contribution in [0.15, 0.2) is 109 Å². The number of urea groups is 1. The number of aliphatic hydroxyl groups is 1. The summed E-state index contributed by atoms with van der Waals surface area (Å²) in [6.45, 7) is 5.26. The number of hydrogen-bond acceptors (Lipinski definition) is 7. The lowest BCUT2D eigenvalue weighted by Crippen LogP contribution is -2.47. The molecule has 4 amide bonds. The lowest BCUT2D eigenvalue weighted by molar-refractivity contribution is -0.134. The van der Waals surface area contributed by atoms with Gasteiger partial charge in [0.2, 0.25) is 5.91 Å². The Morgan fingerprint density at radius 1 is 0.925 bits per heavy atom. The zero-order valence-electron chi connectivity index (χ0n) is 30.2. The van der Waals surface area contributed by atoms with Crippen molar-refractivity contribution in [1.82, 2.24) is 9.80 Å². The maximum atomic E-state index is 13.7. The van der Waals surface area contributed by atoms with Crippen LogP contribution in [-0.4, -0.2) is 71.6 Å². The molecule has 11 heteroatoms. The van der Waals surface area contributed by atoms with Gasteiger partial charge < -0.3 is 36.4 Å². The minimum Gasteiger partial charge on any atom is -0.488 e. The second kappa shape index (κ2) is 16.6. The van der Waals surface area contributed by atoms with Gasteiger partial charge in [0.15, 0.2) is 0 Å². The van der Waals surface area contributed by atoms with Crippen LogP contribution in [0, 0.1) is 5.92 Å². The van der Waals surface area contributed by atoms with Crippen molar-refractivity contribution >= 4 is 51.4 Å². The number of aliphatic hydroxyl groups excluding tert-OH is 1. The summed E-state index contributed by atoms with van der Waals surface area (Å²) in [4.78, 5) is 43.5. The number of rotatable bonds is 10. The molecule has 1 heterocycles. The molecule has 0 radical (unpaired) electrons. The van der Waals surface area contributed by atoms with Crippen LogP contribution in [0.4, 0.5) is 27.5 Å². The second-order valence-corrected chi connectivity index (χ2v) is 13.8. The van der Waals surface area contributed by atoms with Gasteiger partial charge in [-0.1, -0.05) is 67.6 Å². The van der Waals surface area contributed by atoms with Crippen LogP contribution in [0.2, 0.25) is 0 Å². The monoisotopic (exact) mass is 714 g/mol. The third-order valence-electron chi connectivity index (χ3n) is 9.58. The molecule has 0 spiro atoms. The average Bonchev–Trinajstić information content (AvgIpc) is 3.19. The van der Waals surface area contributed by atoms with Crippen molar-refractivity contribution in [2.24, 2.45) is 5.92 Å². The molecule has 0 unspecified atom stereocenters. The van der Waals surface area contributed by atoms with Crippen molar-refractivity contribution in [2.45, 2.75) is 39.0 Å². The van der Waals surface area contributed by atoms with Gasteiger partial charge in [-0.05, 0) is 73.5 Å². The molecule has 0 fully saturated rings. The van der Waals surface area contributed by atoms with E-state index in [0.29, 0.717) is 59.3 Å². The number of carbonyl (C=O) groups is 3. The van der Waals surface area contributed by atoms with Crippen LogP contribution >= 0.6 is 0 Å². The zero-order valence-corrected chi connectivity index (χ0v) is 30.2. The molecule has 3 atom stereocenters. The SMILES string of the molecule is C[C@@H]1CN([C@H](C)CO)C(=O)Cc2cc(NC(=O)Nc3cccc4ccccc34)ccc2O[C@H]1CN(C)Cc1ccc(C(=O)Nc2ccccc2N)cc1. The molecule has 5 aromatic rings. The number of nitrogens with two attached hydrogens (primary N) is 1. The number of para-hydroxylation sites is 2. The third-order valence-corrected chi connectivity index (χ3v) is 9.58. The number of anilines is 4. The molecule has 6 N–H and O–H groups in total. The Bertz CT molecular complexity index is 2080. The first kappa shape index (κ1) is 36.9. The maximum absolute atomic E-state index is 13.7. The quantitative estimate of drug-likeness (QED) is 0.102. The second-order valence-electron chi connectivity index (χ2n) is 13.8. The molecule has 0 bridgehead atoms. The number of nitrogens with one attached hydrogen (secondary N) is 3. The van der Waals surface area contributed by atoms with Gasteiger partial charge in [-0.2, -0.15) is 0 Å². The molecular weight excluding hydrogens is 668 g/mol. The van der Waals surface area contributed by atoms with Gasteiger partial charge in [0, 0.05) is 47.8 Å². The highest BCUT2D eigenvalue weighted by Gasteiger charge is 2.31. The van der Waals surface area contributed by atoms with Crippen LogP contribution in [0.25, 0.3) is 10.8 Å². The first-order valence-corrected chi connectivity index (χ1v) is 17.8. The van der Waals surface area contributed by atoms with Gasteiger partial charge in [0.25, 0.3) is 5.91 Å². The molecule has 1 aliphatic heterocycles. The van der Waals surface area contributed by atoms with Crippen molar-refractivity contribution in [3.63, 3.8) is 0 Å². The Labute approximate surface area is 309 Å². The maximum Gasteiger partial charge on any atom is 0.323 e. The Morgan fingerprint density at radius 3 is 2.42 bits per heavy atom. The number of amides is 4. The van der Waals surface area contributed by atoms with Gasteiger partial charge in [0.05, 0.1) is 36.1 Å². The van der Waals surface area contributed by atoms with E-state index in [1.807, 2.05) is 87.6 Å². The highest BCUT2D eigenvalue weighted by atomic mass is 16.5. The fraction of sp³-hybridized carbons (Fsp3) is 0.262. The summed E-state index contributed by atoms with van der Waals surface area (Å²) >= 11 is 0. The number of fused-ring (bicyclic) bond motifs is 2. The largest absolute Gasteiger partial charge is 0.488 e. The van der Waals surface area contributed by atoms with Crippen molar-refractivity contribution in [1.29, 1.82) is 0 Å². The highest BCUT2D eigenvalue weighted by molar-refractivity contribution is 6.07. The highest BCUT2D eigenvalue weighted by Crippen LogP contribution is 2.30. The zero-order chi connectivity index (χ0) is 37.5. The van der Waals surface area contributed by atoms with Crippen LogP contribution in [-0.2, 0) is 17.8 Å². The minimum absolute atomic E-state index is 0.0478. The van der Waals surface area contributed by atoms with E-state index in [1.165, 1.54) is 0 Å². The molecule has 5 aromatic carbocycles. The first-order valence-electron chi connectivity index (χ1n) is 17.8. The molecule has 0 aliphatic carbocycles. The standard InChI is InChI=1S/C42H46N6O5/c1-27-23-48(28(2)26-49)40(50)22-32-21-33(44-42(52)46-36-14-8-10-30-9-4-5-11-34(30)36)19-20-38(32)53-39(27)25-47(3)24-29-15-17-31(18-16-29)41(51)45-37-13-7-6-12-35(37)43/h4-21,27-28,39,49H,22-26,43H2,1-3H3,(H,45,51)(H2,44,46,52)/t27-,28-,39+/m1/s1. The lowest BCUT2D eigenvalue weighted by atomic mass is 10.0. The minimum atomic E-state index is -0.408. The Hall–Kier alpha value is -5.91. The van der Waals surface area contributed by atoms with E-state index < -0.39 is 6.03 Å². The number of nitrogens with zero attached hydrogens (tertiary/aromatic N) is 2. The van der Waals surface area contributed by atoms with E-state index in [-0.39, 0.29) is 42.9 Å². The van der Waals surface area contributed by atoms with Crippen LogP contribution < -0.4 is 26.4 Å². The van der Waals surface area contributed by atoms with Crippen LogP contribution in [0.1, 0.15) is 35.3 Å².